The molecular formula is C17H18FNO. The van der Waals surface area contributed by atoms with E-state index in [1.165, 1.54) is 17.7 Å². The first kappa shape index (κ1) is 13.1. The summed E-state index contributed by atoms with van der Waals surface area (Å²) in [6, 6.07) is 16.7. The van der Waals surface area contributed by atoms with Crippen LogP contribution in [0.25, 0.3) is 0 Å². The molecule has 1 saturated heterocycles. The van der Waals surface area contributed by atoms with E-state index in [0.717, 1.165) is 25.3 Å². The minimum Gasteiger partial charge on any atom is -0.490 e. The van der Waals surface area contributed by atoms with Gasteiger partial charge in [0.2, 0.25) is 0 Å². The van der Waals surface area contributed by atoms with Gasteiger partial charge in [0, 0.05) is 12.5 Å². The van der Waals surface area contributed by atoms with Gasteiger partial charge in [-0.1, -0.05) is 30.3 Å². The zero-order chi connectivity index (χ0) is 13.8. The molecule has 0 bridgehead atoms. The molecule has 0 radical (unpaired) electrons. The van der Waals surface area contributed by atoms with Crippen LogP contribution in [0, 0.1) is 5.82 Å². The zero-order valence-corrected chi connectivity index (χ0v) is 11.3. The molecule has 2 aromatic carbocycles. The summed E-state index contributed by atoms with van der Waals surface area (Å²) in [4.78, 5) is 0. The molecule has 1 heterocycles. The largest absolute Gasteiger partial charge is 0.490 e. The highest BCUT2D eigenvalue weighted by molar-refractivity contribution is 5.25. The Labute approximate surface area is 118 Å². The molecule has 1 aliphatic rings. The van der Waals surface area contributed by atoms with Gasteiger partial charge in [-0.25, -0.2) is 4.39 Å². The molecule has 104 valence electrons. The van der Waals surface area contributed by atoms with E-state index in [0.29, 0.717) is 5.92 Å². The van der Waals surface area contributed by atoms with Gasteiger partial charge in [-0.05, 0) is 42.8 Å². The molecule has 1 aliphatic heterocycles. The van der Waals surface area contributed by atoms with Crippen LogP contribution in [0.2, 0.25) is 0 Å². The van der Waals surface area contributed by atoms with E-state index < -0.39 is 0 Å². The predicted octanol–water partition coefficient (Wildman–Crippen LogP) is 3.35. The highest BCUT2D eigenvalue weighted by Crippen LogP contribution is 2.27. The maximum absolute atomic E-state index is 12.9. The summed E-state index contributed by atoms with van der Waals surface area (Å²) < 4.78 is 19.0. The van der Waals surface area contributed by atoms with Crippen molar-refractivity contribution in [3.63, 3.8) is 0 Å². The first-order valence-electron chi connectivity index (χ1n) is 7.01. The number of halogens is 1. The van der Waals surface area contributed by atoms with E-state index in [1.807, 2.05) is 6.07 Å². The van der Waals surface area contributed by atoms with Crippen LogP contribution in [-0.2, 0) is 0 Å². The molecule has 0 saturated carbocycles. The number of ether oxygens (including phenoxy) is 1. The average Bonchev–Trinajstić information content (AvgIpc) is 2.51. The molecule has 0 aromatic heterocycles. The van der Waals surface area contributed by atoms with Gasteiger partial charge in [0.25, 0.3) is 0 Å². The van der Waals surface area contributed by atoms with Crippen LogP contribution in [-0.4, -0.2) is 19.2 Å². The number of hydrogen-bond donors (Lipinski definition) is 1. The van der Waals surface area contributed by atoms with Crippen LogP contribution >= 0.6 is 0 Å². The van der Waals surface area contributed by atoms with Crippen molar-refractivity contribution in [2.24, 2.45) is 0 Å². The van der Waals surface area contributed by atoms with Crippen molar-refractivity contribution in [1.82, 2.24) is 5.32 Å². The van der Waals surface area contributed by atoms with Crippen LogP contribution < -0.4 is 10.1 Å². The summed E-state index contributed by atoms with van der Waals surface area (Å²) in [5.41, 5.74) is 1.28. The first-order chi connectivity index (χ1) is 9.83. The molecule has 0 unspecified atom stereocenters. The minimum atomic E-state index is -0.234. The van der Waals surface area contributed by atoms with Crippen molar-refractivity contribution in [2.45, 2.75) is 18.4 Å². The van der Waals surface area contributed by atoms with E-state index in [-0.39, 0.29) is 11.9 Å². The van der Waals surface area contributed by atoms with Crippen molar-refractivity contribution < 1.29 is 9.13 Å². The van der Waals surface area contributed by atoms with Gasteiger partial charge in [0.05, 0.1) is 0 Å². The van der Waals surface area contributed by atoms with Crippen LogP contribution in [0.15, 0.2) is 54.6 Å². The van der Waals surface area contributed by atoms with Crippen LogP contribution in [0.3, 0.4) is 0 Å². The molecule has 2 nitrogen and oxygen atoms in total. The predicted molar refractivity (Wildman–Crippen MR) is 77.5 cm³/mol. The summed E-state index contributed by atoms with van der Waals surface area (Å²) in [6.07, 6.45) is 1.08. The molecule has 0 aliphatic carbocycles. The summed E-state index contributed by atoms with van der Waals surface area (Å²) in [5, 5.41) is 3.42. The second kappa shape index (κ2) is 6.06. The lowest BCUT2D eigenvalue weighted by Gasteiger charge is -2.32. The Morgan fingerprint density at radius 3 is 2.50 bits per heavy atom. The second-order valence-corrected chi connectivity index (χ2v) is 5.12. The summed E-state index contributed by atoms with van der Waals surface area (Å²) in [7, 11) is 0. The Balaban J connectivity index is 1.77. The molecule has 1 N–H and O–H groups in total. The second-order valence-electron chi connectivity index (χ2n) is 5.12. The van der Waals surface area contributed by atoms with Crippen molar-refractivity contribution >= 4 is 0 Å². The van der Waals surface area contributed by atoms with E-state index in [9.17, 15) is 4.39 Å². The number of hydrogen-bond acceptors (Lipinski definition) is 2. The molecule has 1 fully saturated rings. The van der Waals surface area contributed by atoms with Gasteiger partial charge in [-0.15, -0.1) is 0 Å². The van der Waals surface area contributed by atoms with E-state index in [1.54, 1.807) is 12.1 Å². The van der Waals surface area contributed by atoms with Crippen LogP contribution in [0.4, 0.5) is 4.39 Å². The molecular weight excluding hydrogens is 253 g/mol. The lowest BCUT2D eigenvalue weighted by Crippen LogP contribution is -2.41. The Bertz CT molecular complexity index is 541. The van der Waals surface area contributed by atoms with E-state index in [4.69, 9.17) is 4.74 Å². The van der Waals surface area contributed by atoms with Crippen molar-refractivity contribution in [1.29, 1.82) is 0 Å². The van der Waals surface area contributed by atoms with Gasteiger partial charge in [0.1, 0.15) is 17.7 Å². The van der Waals surface area contributed by atoms with Gasteiger partial charge in [-0.3, -0.25) is 0 Å². The molecule has 2 atom stereocenters. The molecule has 2 aromatic rings. The summed E-state index contributed by atoms with van der Waals surface area (Å²) in [6.45, 7) is 1.87. The molecule has 0 spiro atoms. The van der Waals surface area contributed by atoms with Gasteiger partial charge in [0.15, 0.2) is 0 Å². The average molecular weight is 271 g/mol. The maximum Gasteiger partial charge on any atom is 0.123 e. The van der Waals surface area contributed by atoms with Gasteiger partial charge < -0.3 is 10.1 Å². The van der Waals surface area contributed by atoms with Crippen molar-refractivity contribution in [3.8, 4) is 5.75 Å². The SMILES string of the molecule is Fc1ccc(O[C@@H]2CCNC[C@@H]2c2ccccc2)cc1. The third kappa shape index (κ3) is 2.99. The highest BCUT2D eigenvalue weighted by atomic mass is 19.1. The summed E-state index contributed by atoms with van der Waals surface area (Å²) in [5.74, 6) is 0.830. The third-order valence-corrected chi connectivity index (χ3v) is 3.75. The number of piperidine rings is 1. The Kier molecular flexibility index (Phi) is 3.97. The fourth-order valence-corrected chi connectivity index (χ4v) is 2.70. The third-order valence-electron chi connectivity index (χ3n) is 3.75. The van der Waals surface area contributed by atoms with Crippen LogP contribution in [0.5, 0.6) is 5.75 Å². The normalized spacial score (nSPS) is 22.4. The lowest BCUT2D eigenvalue weighted by atomic mass is 9.89. The highest BCUT2D eigenvalue weighted by Gasteiger charge is 2.27. The van der Waals surface area contributed by atoms with Crippen LogP contribution in [0.1, 0.15) is 17.9 Å². The fraction of sp³-hybridized carbons (Fsp3) is 0.294. The van der Waals surface area contributed by atoms with E-state index >= 15 is 0 Å². The summed E-state index contributed by atoms with van der Waals surface area (Å²) >= 11 is 0. The Morgan fingerprint density at radius 1 is 1.00 bits per heavy atom. The number of nitrogens with one attached hydrogen (secondary N) is 1. The fourth-order valence-electron chi connectivity index (χ4n) is 2.70. The monoisotopic (exact) mass is 271 g/mol. The standard InChI is InChI=1S/C17H18FNO/c18-14-6-8-15(9-7-14)20-17-10-11-19-12-16(17)13-4-2-1-3-5-13/h1-9,16-17,19H,10-12H2/t16-,17-/m1/s1. The molecule has 3 rings (SSSR count). The quantitative estimate of drug-likeness (QED) is 0.924. The zero-order valence-electron chi connectivity index (χ0n) is 11.3. The number of benzene rings is 2. The minimum absolute atomic E-state index is 0.129. The lowest BCUT2D eigenvalue weighted by molar-refractivity contribution is 0.138. The maximum atomic E-state index is 12.9. The molecule has 20 heavy (non-hydrogen) atoms. The topological polar surface area (TPSA) is 21.3 Å². The Hall–Kier alpha value is -1.87. The Morgan fingerprint density at radius 2 is 1.75 bits per heavy atom. The van der Waals surface area contributed by atoms with Crippen molar-refractivity contribution in [2.75, 3.05) is 13.1 Å². The van der Waals surface area contributed by atoms with Gasteiger partial charge in [-0.2, -0.15) is 0 Å². The molecule has 3 heteroatoms. The number of rotatable bonds is 3. The first-order valence-corrected chi connectivity index (χ1v) is 7.01. The van der Waals surface area contributed by atoms with E-state index in [2.05, 4.69) is 29.6 Å². The van der Waals surface area contributed by atoms with Crippen molar-refractivity contribution in [3.05, 3.63) is 66.0 Å². The molecule has 0 amide bonds. The smallest absolute Gasteiger partial charge is 0.123 e. The van der Waals surface area contributed by atoms with Gasteiger partial charge >= 0.3 is 0 Å².